The highest BCUT2D eigenvalue weighted by Crippen LogP contribution is 2.20. The summed E-state index contributed by atoms with van der Waals surface area (Å²) in [6, 6.07) is 10.9. The van der Waals surface area contributed by atoms with Gasteiger partial charge in [0.2, 0.25) is 0 Å². The standard InChI is InChI=1S/C13H8BrClFNO/c14-9-4-5-12(11(16)7-9)17-13(18)8-2-1-3-10(15)6-8/h1-7H,(H,17,18). The van der Waals surface area contributed by atoms with E-state index in [0.717, 1.165) is 0 Å². The third kappa shape index (κ3) is 3.09. The van der Waals surface area contributed by atoms with Crippen molar-refractivity contribution in [2.45, 2.75) is 0 Å². The number of halogens is 3. The predicted molar refractivity (Wildman–Crippen MR) is 73.5 cm³/mol. The molecule has 0 radical (unpaired) electrons. The van der Waals surface area contributed by atoms with Crippen LogP contribution in [-0.4, -0.2) is 5.91 Å². The number of rotatable bonds is 2. The predicted octanol–water partition coefficient (Wildman–Crippen LogP) is 4.49. The van der Waals surface area contributed by atoms with Crippen LogP contribution in [0.25, 0.3) is 0 Å². The summed E-state index contributed by atoms with van der Waals surface area (Å²) in [7, 11) is 0. The topological polar surface area (TPSA) is 29.1 Å². The van der Waals surface area contributed by atoms with Crippen molar-refractivity contribution in [3.8, 4) is 0 Å². The van der Waals surface area contributed by atoms with Gasteiger partial charge in [-0.1, -0.05) is 33.6 Å². The lowest BCUT2D eigenvalue weighted by atomic mass is 10.2. The van der Waals surface area contributed by atoms with Gasteiger partial charge in [-0.25, -0.2) is 4.39 Å². The molecule has 0 aliphatic carbocycles. The number of amides is 1. The van der Waals surface area contributed by atoms with Gasteiger partial charge in [0.25, 0.3) is 5.91 Å². The van der Waals surface area contributed by atoms with E-state index in [1.54, 1.807) is 24.3 Å². The lowest BCUT2D eigenvalue weighted by Gasteiger charge is -2.06. The first kappa shape index (κ1) is 13.1. The average Bonchev–Trinajstić information content (AvgIpc) is 2.32. The Hall–Kier alpha value is -1.39. The van der Waals surface area contributed by atoms with Crippen molar-refractivity contribution in [2.75, 3.05) is 5.32 Å². The molecule has 1 amide bonds. The summed E-state index contributed by atoms with van der Waals surface area (Å²) in [4.78, 5) is 11.9. The molecule has 0 spiro atoms. The van der Waals surface area contributed by atoms with Crippen molar-refractivity contribution in [1.82, 2.24) is 0 Å². The fourth-order valence-corrected chi connectivity index (χ4v) is 1.94. The highest BCUT2D eigenvalue weighted by atomic mass is 79.9. The summed E-state index contributed by atoms with van der Waals surface area (Å²) in [5, 5.41) is 2.94. The number of anilines is 1. The summed E-state index contributed by atoms with van der Waals surface area (Å²) in [5.41, 5.74) is 0.507. The second-order valence-corrected chi connectivity index (χ2v) is 4.94. The number of carbonyl (C=O) groups excluding carboxylic acids is 1. The van der Waals surface area contributed by atoms with Gasteiger partial charge in [-0.3, -0.25) is 4.79 Å². The Bertz CT molecular complexity index is 603. The van der Waals surface area contributed by atoms with E-state index in [4.69, 9.17) is 11.6 Å². The number of hydrogen-bond donors (Lipinski definition) is 1. The van der Waals surface area contributed by atoms with E-state index >= 15 is 0 Å². The normalized spacial score (nSPS) is 10.2. The molecular formula is C13H8BrClFNO. The highest BCUT2D eigenvalue weighted by Gasteiger charge is 2.09. The second-order valence-electron chi connectivity index (χ2n) is 3.59. The molecule has 2 aromatic rings. The summed E-state index contributed by atoms with van der Waals surface area (Å²) >= 11 is 8.93. The zero-order valence-electron chi connectivity index (χ0n) is 9.08. The van der Waals surface area contributed by atoms with Gasteiger partial charge in [-0.15, -0.1) is 0 Å². The minimum Gasteiger partial charge on any atom is -0.319 e. The molecule has 2 rings (SSSR count). The first-order valence-corrected chi connectivity index (χ1v) is 6.25. The third-order valence-corrected chi connectivity index (χ3v) is 2.99. The minimum absolute atomic E-state index is 0.128. The lowest BCUT2D eigenvalue weighted by Crippen LogP contribution is -2.12. The van der Waals surface area contributed by atoms with Gasteiger partial charge in [-0.2, -0.15) is 0 Å². The molecule has 0 saturated heterocycles. The fraction of sp³-hybridized carbons (Fsp3) is 0. The fourth-order valence-electron chi connectivity index (χ4n) is 1.42. The summed E-state index contributed by atoms with van der Waals surface area (Å²) in [5.74, 6) is -0.904. The van der Waals surface area contributed by atoms with Crippen molar-refractivity contribution in [3.63, 3.8) is 0 Å². The van der Waals surface area contributed by atoms with Gasteiger partial charge in [0.05, 0.1) is 5.69 Å². The van der Waals surface area contributed by atoms with Crippen molar-refractivity contribution in [1.29, 1.82) is 0 Å². The van der Waals surface area contributed by atoms with Crippen LogP contribution in [0.1, 0.15) is 10.4 Å². The van der Waals surface area contributed by atoms with Crippen LogP contribution >= 0.6 is 27.5 Å². The van der Waals surface area contributed by atoms with Crippen molar-refractivity contribution in [3.05, 3.63) is 63.3 Å². The Kier molecular flexibility index (Phi) is 3.99. The number of hydrogen-bond acceptors (Lipinski definition) is 1. The van der Waals surface area contributed by atoms with Gasteiger partial charge < -0.3 is 5.32 Å². The molecule has 0 saturated carbocycles. The Morgan fingerprint density at radius 3 is 2.67 bits per heavy atom. The van der Waals surface area contributed by atoms with E-state index in [9.17, 15) is 9.18 Å². The van der Waals surface area contributed by atoms with Crippen LogP contribution in [0.5, 0.6) is 0 Å². The molecule has 0 aromatic heterocycles. The average molecular weight is 329 g/mol. The monoisotopic (exact) mass is 327 g/mol. The largest absolute Gasteiger partial charge is 0.319 e. The third-order valence-electron chi connectivity index (χ3n) is 2.27. The number of carbonyl (C=O) groups is 1. The zero-order chi connectivity index (χ0) is 13.1. The molecule has 2 aromatic carbocycles. The van der Waals surface area contributed by atoms with Crippen molar-refractivity contribution >= 4 is 39.1 Å². The van der Waals surface area contributed by atoms with Gasteiger partial charge >= 0.3 is 0 Å². The highest BCUT2D eigenvalue weighted by molar-refractivity contribution is 9.10. The minimum atomic E-state index is -0.500. The van der Waals surface area contributed by atoms with Crippen molar-refractivity contribution < 1.29 is 9.18 Å². The van der Waals surface area contributed by atoms with Crippen LogP contribution in [0.15, 0.2) is 46.9 Å². The number of nitrogens with one attached hydrogen (secondary N) is 1. The quantitative estimate of drug-likeness (QED) is 0.864. The molecule has 0 heterocycles. The molecule has 2 nitrogen and oxygen atoms in total. The molecule has 0 aliphatic rings. The molecule has 0 unspecified atom stereocenters. The van der Waals surface area contributed by atoms with E-state index in [2.05, 4.69) is 21.2 Å². The molecule has 18 heavy (non-hydrogen) atoms. The van der Waals surface area contributed by atoms with E-state index < -0.39 is 11.7 Å². The Morgan fingerprint density at radius 1 is 1.22 bits per heavy atom. The lowest BCUT2D eigenvalue weighted by molar-refractivity contribution is 0.102. The van der Waals surface area contributed by atoms with E-state index in [-0.39, 0.29) is 5.69 Å². The maximum Gasteiger partial charge on any atom is 0.255 e. The van der Waals surface area contributed by atoms with Gasteiger partial charge in [-0.05, 0) is 36.4 Å². The van der Waals surface area contributed by atoms with Crippen LogP contribution in [0, 0.1) is 5.82 Å². The Balaban J connectivity index is 2.21. The second kappa shape index (κ2) is 5.50. The molecular weight excluding hydrogens is 321 g/mol. The first-order chi connectivity index (χ1) is 8.56. The SMILES string of the molecule is O=C(Nc1ccc(Br)cc1F)c1cccc(Cl)c1. The molecule has 0 fully saturated rings. The van der Waals surface area contributed by atoms with Crippen LogP contribution in [0.3, 0.4) is 0 Å². The van der Waals surface area contributed by atoms with Gasteiger partial charge in [0.1, 0.15) is 5.82 Å². The van der Waals surface area contributed by atoms with Crippen LogP contribution < -0.4 is 5.32 Å². The molecule has 0 bridgehead atoms. The maximum atomic E-state index is 13.5. The number of benzene rings is 2. The van der Waals surface area contributed by atoms with Crippen LogP contribution in [-0.2, 0) is 0 Å². The van der Waals surface area contributed by atoms with Crippen LogP contribution in [0.4, 0.5) is 10.1 Å². The van der Waals surface area contributed by atoms with E-state index in [1.807, 2.05) is 0 Å². The van der Waals surface area contributed by atoms with Gasteiger partial charge in [0, 0.05) is 15.1 Å². The maximum absolute atomic E-state index is 13.5. The molecule has 92 valence electrons. The smallest absolute Gasteiger partial charge is 0.255 e. The summed E-state index contributed by atoms with van der Waals surface area (Å²) in [6.45, 7) is 0. The molecule has 5 heteroatoms. The van der Waals surface area contributed by atoms with Gasteiger partial charge in [0.15, 0.2) is 0 Å². The first-order valence-electron chi connectivity index (χ1n) is 5.08. The zero-order valence-corrected chi connectivity index (χ0v) is 11.4. The Morgan fingerprint density at radius 2 is 2.00 bits per heavy atom. The summed E-state index contributed by atoms with van der Waals surface area (Å²) < 4.78 is 14.1. The molecule has 0 atom stereocenters. The van der Waals surface area contributed by atoms with E-state index in [1.165, 1.54) is 18.2 Å². The molecule has 1 N–H and O–H groups in total. The van der Waals surface area contributed by atoms with E-state index in [0.29, 0.717) is 15.1 Å². The van der Waals surface area contributed by atoms with Crippen molar-refractivity contribution in [2.24, 2.45) is 0 Å². The van der Waals surface area contributed by atoms with Crippen LogP contribution in [0.2, 0.25) is 5.02 Å². The Labute approximate surface area is 117 Å². The molecule has 0 aliphatic heterocycles. The summed E-state index contributed by atoms with van der Waals surface area (Å²) in [6.07, 6.45) is 0.